The molecule has 3 fully saturated rings. The van der Waals surface area contributed by atoms with Gasteiger partial charge in [-0.25, -0.2) is 4.79 Å². The monoisotopic (exact) mass is 1960 g/mol. The Balaban J connectivity index is 0.000000665. The van der Waals surface area contributed by atoms with Crippen molar-refractivity contribution in [3.05, 3.63) is 59.7 Å². The Labute approximate surface area is 827 Å². The zero-order valence-electron chi connectivity index (χ0n) is 89.0. The number of amides is 4. The summed E-state index contributed by atoms with van der Waals surface area (Å²) >= 11 is 0. The molecule has 2 saturated carbocycles. The summed E-state index contributed by atoms with van der Waals surface area (Å²) in [7, 11) is 3.48. The topological polar surface area (TPSA) is 430 Å². The Bertz CT molecular complexity index is 4080. The van der Waals surface area contributed by atoms with Crippen molar-refractivity contribution >= 4 is 100 Å². The molecule has 1 aliphatic heterocycles. The van der Waals surface area contributed by atoms with Crippen LogP contribution in [0.3, 0.4) is 0 Å². The molecule has 4 amide bonds. The fourth-order valence-electron chi connectivity index (χ4n) is 16.2. The molecule has 0 radical (unpaired) electrons. The number of rotatable bonds is 51. The lowest BCUT2D eigenvalue weighted by molar-refractivity contribution is -0.197. The third-order valence-electron chi connectivity index (χ3n) is 22.1. The first-order valence-electron chi connectivity index (χ1n) is 49.7. The van der Waals surface area contributed by atoms with Crippen LogP contribution in [-0.2, 0) is 127 Å². The van der Waals surface area contributed by atoms with Crippen molar-refractivity contribution in [2.24, 2.45) is 0 Å². The third-order valence-corrected chi connectivity index (χ3v) is 22.1. The highest BCUT2D eigenvalue weighted by Gasteiger charge is 2.42. The first-order chi connectivity index (χ1) is 64.7. The summed E-state index contributed by atoms with van der Waals surface area (Å²) in [5.41, 5.74) is -0.175. The predicted molar refractivity (Wildman–Crippen MR) is 532 cm³/mol. The molecule has 2 aliphatic carbocycles. The van der Waals surface area contributed by atoms with E-state index in [9.17, 15) is 71.9 Å². The number of ketones is 1. The Morgan fingerprint density at radius 2 is 0.763 bits per heavy atom. The van der Waals surface area contributed by atoms with E-state index >= 15 is 0 Å². The van der Waals surface area contributed by atoms with Crippen molar-refractivity contribution < 1.29 is 120 Å². The van der Waals surface area contributed by atoms with E-state index in [-0.39, 0.29) is 156 Å². The van der Waals surface area contributed by atoms with Gasteiger partial charge in [0, 0.05) is 106 Å². The van der Waals surface area contributed by atoms with Gasteiger partial charge in [-0.3, -0.25) is 91.7 Å². The predicted octanol–water partition coefficient (Wildman–Crippen LogP) is 12.3. The molecular weight excluding hydrogens is 1790 g/mol. The van der Waals surface area contributed by atoms with Gasteiger partial charge in [0.1, 0.15) is 45.4 Å². The highest BCUT2D eigenvalue weighted by molar-refractivity contribution is 6.01. The molecule has 2 aromatic carbocycles. The van der Waals surface area contributed by atoms with E-state index in [1.807, 2.05) is 166 Å². The largest absolute Gasteiger partial charge is 0.480 e. The molecule has 36 heteroatoms. The van der Waals surface area contributed by atoms with Crippen molar-refractivity contribution in [3.8, 4) is 0 Å². The van der Waals surface area contributed by atoms with Crippen LogP contribution in [0.5, 0.6) is 0 Å². The van der Waals surface area contributed by atoms with Crippen molar-refractivity contribution in [2.75, 3.05) is 123 Å². The fraction of sp³-hybridized carbons (Fsp3) is 0.738. The Kier molecular flexibility index (Phi) is 56.6. The Morgan fingerprint density at radius 1 is 0.417 bits per heavy atom. The molecule has 790 valence electrons. The van der Waals surface area contributed by atoms with E-state index in [4.69, 9.17) is 47.8 Å². The van der Waals surface area contributed by atoms with Crippen LogP contribution < -0.4 is 21.3 Å². The van der Waals surface area contributed by atoms with Gasteiger partial charge in [-0.05, 0) is 285 Å². The molecule has 2 aromatic rings. The molecule has 0 aromatic heterocycles. The first kappa shape index (κ1) is 125. The standard InChI is InChI=1S/C40H68N4O8.C28H39N3O9.C22H42N2O4.C13H24N2O4/c1-13-42(26-35(46)50-38(3,4)5)32-17-15-16-18-33(32)44(28-37(48)52-40(9,10)11)24-31(23-29-19-21-30(41-12)22-20-29)43(25-34(45)49-14-2)27-36(47)51-39(6,7)8;1-6-38-26(36)17-30(18-27(37)39-28(3,4)5)19(2)16-20-10-12-21(13-11-20)29-22(32)8-7-9-25(35)40-31-23(33)14-15-24(31)34;1-9-23(15-19(25)27-21(3,4)5)17-13-11-12-14-18(17)24(10-2)16-20(26)28-22(6,7)8;1-10(16)6-5-8-12(17)15-9-4-3-7-11(14-2)13(18)19/h19-22,31-33,41H,13-18,23-28H2,1-12H3;10-13,19H,6-9,14-18H2,1-5H3,(H,29,32);17-18H,9-16H2,1-8H3;11,14H,3-9H2,1-2H3,(H,15,17)(H,18,19)/t31-,32+,33+;19-;17-,18-;/m100./s1. The van der Waals surface area contributed by atoms with Gasteiger partial charge >= 0.3 is 59.7 Å². The maximum absolute atomic E-state index is 13.6. The Hall–Kier alpha value is -9.59. The van der Waals surface area contributed by atoms with Crippen LogP contribution >= 0.6 is 0 Å². The van der Waals surface area contributed by atoms with Gasteiger partial charge in [0.25, 0.3) is 11.8 Å². The van der Waals surface area contributed by atoms with Crippen LogP contribution in [0, 0.1) is 0 Å². The number of nitrogens with zero attached hydrogens (tertiary/aromatic N) is 7. The normalized spacial score (nSPS) is 16.5. The number of carboxylic acid groups (broad SMARTS) is 1. The van der Waals surface area contributed by atoms with E-state index in [1.165, 1.54) is 6.92 Å². The molecule has 0 bridgehead atoms. The number of unbranched alkanes of at least 4 members (excludes halogenated alkanes) is 1. The molecule has 1 saturated heterocycles. The Morgan fingerprint density at radius 3 is 1.13 bits per heavy atom. The molecule has 36 nitrogen and oxygen atoms in total. The zero-order chi connectivity index (χ0) is 105. The van der Waals surface area contributed by atoms with Gasteiger partial charge in [0.15, 0.2) is 0 Å². The van der Waals surface area contributed by atoms with Crippen LogP contribution in [0.1, 0.15) is 306 Å². The van der Waals surface area contributed by atoms with E-state index in [2.05, 4.69) is 54.7 Å². The van der Waals surface area contributed by atoms with Crippen molar-refractivity contribution in [1.82, 2.24) is 45.1 Å². The van der Waals surface area contributed by atoms with Crippen molar-refractivity contribution in [3.63, 3.8) is 0 Å². The average Bonchev–Trinajstić information content (AvgIpc) is 1.65. The van der Waals surface area contributed by atoms with E-state index in [0.29, 0.717) is 82.0 Å². The van der Waals surface area contributed by atoms with Gasteiger partial charge in [-0.1, -0.05) is 70.7 Å². The molecule has 7 atom stereocenters. The lowest BCUT2D eigenvalue weighted by atomic mass is 9.87. The summed E-state index contributed by atoms with van der Waals surface area (Å²) < 4.78 is 44.2. The SMILES string of the molecule is CCN(CC(=O)OC(C)(C)C)[C@H]1CCCC[C@@H]1N(CC)CC(=O)OC(C)(C)C.CCOC(=O)CN(CC(=O)OC(C)(C)C)[C@@H](C)Cc1ccc(NC(=O)CCCC(=O)ON2C(=O)CCC2=O)cc1.CCOC(=O)CN(CC(=O)OC(C)(C)C)[C@H](Cc1ccc(NC)cc1)CN(CC(=O)OC(C)(C)C)[C@H]1CCCC[C@@H]1N(CC)CC(=O)OC(C)(C)C.CNC(CCCCNC(=O)CCCC(C)=O)C(=O)O. The van der Waals surface area contributed by atoms with Crippen LogP contribution in [-0.4, -0.2) is 317 Å². The summed E-state index contributed by atoms with van der Waals surface area (Å²) in [6.07, 6.45) is 12.5. The second-order valence-corrected chi connectivity index (χ2v) is 41.5. The number of carbonyl (C=O) groups is 15. The molecule has 1 unspecified atom stereocenters. The fourth-order valence-corrected chi connectivity index (χ4v) is 16.2. The highest BCUT2D eigenvalue weighted by atomic mass is 16.7. The number of hydrogen-bond donors (Lipinski definition) is 5. The number of nitrogens with one attached hydrogen (secondary N) is 4. The van der Waals surface area contributed by atoms with E-state index < -0.39 is 93.3 Å². The summed E-state index contributed by atoms with van der Waals surface area (Å²) in [4.78, 5) is 200. The highest BCUT2D eigenvalue weighted by Crippen LogP contribution is 2.32. The van der Waals surface area contributed by atoms with E-state index in [0.717, 1.165) is 94.1 Å². The second-order valence-electron chi connectivity index (χ2n) is 41.5. The van der Waals surface area contributed by atoms with Gasteiger partial charge in [-0.2, -0.15) is 0 Å². The number of hydroxylamine groups is 2. The van der Waals surface area contributed by atoms with Crippen molar-refractivity contribution in [2.45, 2.75) is 384 Å². The number of imide groups is 1. The summed E-state index contributed by atoms with van der Waals surface area (Å²) in [5.74, 6) is -5.78. The minimum Gasteiger partial charge on any atom is -0.480 e. The molecule has 1 heterocycles. The van der Waals surface area contributed by atoms with Gasteiger partial charge in [0.05, 0.1) is 65.6 Å². The number of Topliss-reactive ketones (excluding diaryl/α,β-unsaturated/α-hetero) is 1. The smallest absolute Gasteiger partial charge is 0.333 e. The number of aliphatic carboxylic acids is 1. The minimum absolute atomic E-state index is 0.00267. The quantitative estimate of drug-likeness (QED) is 0.0178. The number of hydrogen-bond acceptors (Lipinski definition) is 32. The lowest BCUT2D eigenvalue weighted by Crippen LogP contribution is -2.59. The molecule has 5 rings (SSSR count). The maximum Gasteiger partial charge on any atom is 0.333 e. The minimum atomic E-state index is -0.851. The number of carboxylic acids is 1. The number of anilines is 2. The summed E-state index contributed by atoms with van der Waals surface area (Å²) in [5, 5.41) is 20.7. The number of likely N-dealkylation sites (N-methyl/N-ethyl adjacent to an activating group) is 4. The number of esters is 8. The molecule has 139 heavy (non-hydrogen) atoms. The van der Waals surface area contributed by atoms with Crippen LogP contribution in [0.2, 0.25) is 0 Å². The van der Waals surface area contributed by atoms with Gasteiger partial charge < -0.3 is 73.9 Å². The van der Waals surface area contributed by atoms with Gasteiger partial charge in [-0.15, -0.1) is 5.06 Å². The lowest BCUT2D eigenvalue weighted by Gasteiger charge is -2.46. The number of benzene rings is 2. The molecular formula is C103H173N11O25. The van der Waals surface area contributed by atoms with Crippen LogP contribution in [0.4, 0.5) is 11.4 Å². The third kappa shape index (κ3) is 56.0. The molecule has 3 aliphatic rings. The second kappa shape index (κ2) is 62.6. The number of carbonyl (C=O) groups excluding carboxylic acids is 14. The summed E-state index contributed by atoms with van der Waals surface area (Å²) in [6, 6.07) is 14.4. The average molecular weight is 1970 g/mol. The zero-order valence-corrected chi connectivity index (χ0v) is 89.0. The van der Waals surface area contributed by atoms with Crippen LogP contribution in [0.25, 0.3) is 0 Å². The maximum atomic E-state index is 13.6. The summed E-state index contributed by atoms with van der Waals surface area (Å²) in [6.45, 7) is 50.1. The van der Waals surface area contributed by atoms with E-state index in [1.54, 1.807) is 58.7 Å². The molecule has 0 spiro atoms. The van der Waals surface area contributed by atoms with Crippen molar-refractivity contribution in [1.29, 1.82) is 0 Å². The number of ether oxygens (including phenoxy) is 8. The molecule has 5 N–H and O–H groups in total. The first-order valence-corrected chi connectivity index (χ1v) is 49.7. The van der Waals surface area contributed by atoms with Crippen LogP contribution in [0.15, 0.2) is 48.5 Å². The van der Waals surface area contributed by atoms with Gasteiger partial charge in [0.2, 0.25) is 11.8 Å².